The maximum absolute atomic E-state index is 12.4. The minimum atomic E-state index is -0.0150. The molecule has 29 heavy (non-hydrogen) atoms. The summed E-state index contributed by atoms with van der Waals surface area (Å²) in [6.07, 6.45) is 5.46. The van der Waals surface area contributed by atoms with Crippen molar-refractivity contribution >= 4 is 16.8 Å². The van der Waals surface area contributed by atoms with E-state index in [1.807, 2.05) is 42.6 Å². The average molecular weight is 389 g/mol. The third kappa shape index (κ3) is 4.29. The number of fused-ring (bicyclic) bond motifs is 1. The largest absolute Gasteiger partial charge is 0.497 e. The summed E-state index contributed by atoms with van der Waals surface area (Å²) in [7, 11) is 1.65. The average Bonchev–Trinajstić information content (AvgIpc) is 3.43. The van der Waals surface area contributed by atoms with Crippen LogP contribution in [0.25, 0.3) is 10.9 Å². The number of benzene rings is 2. The molecule has 2 aromatic heterocycles. The van der Waals surface area contributed by atoms with E-state index in [0.717, 1.165) is 27.8 Å². The molecule has 1 atom stereocenters. The number of hydrogen-bond donors (Lipinski definition) is 2. The first-order valence-corrected chi connectivity index (χ1v) is 9.53. The highest BCUT2D eigenvalue weighted by Gasteiger charge is 2.19. The number of para-hydroxylation sites is 1. The first-order valence-electron chi connectivity index (χ1n) is 9.53. The molecule has 0 saturated carbocycles. The van der Waals surface area contributed by atoms with Gasteiger partial charge in [-0.15, -0.1) is 0 Å². The standard InChI is InChI=1S/C22H23N5O2/c1-29-17-8-6-16(7-9-17)19(20-13-24-21-5-3-2-4-18(20)21)12-25-22(28)10-11-27-15-23-14-26-27/h2-9,13-15,19,24H,10-12H2,1H3,(H,25,28). The number of carbonyl (C=O) groups is 1. The summed E-state index contributed by atoms with van der Waals surface area (Å²) in [5.74, 6) is 0.814. The Morgan fingerprint density at radius 3 is 2.79 bits per heavy atom. The highest BCUT2D eigenvalue weighted by molar-refractivity contribution is 5.84. The van der Waals surface area contributed by atoms with Crippen molar-refractivity contribution in [1.82, 2.24) is 25.1 Å². The second kappa shape index (κ2) is 8.60. The molecule has 2 aromatic carbocycles. The van der Waals surface area contributed by atoms with Gasteiger partial charge in [-0.2, -0.15) is 5.10 Å². The SMILES string of the molecule is COc1ccc(C(CNC(=O)CCn2cncn2)c2c[nH]c3ccccc23)cc1. The van der Waals surface area contributed by atoms with E-state index >= 15 is 0 Å². The van der Waals surface area contributed by atoms with Crippen molar-refractivity contribution in [3.8, 4) is 5.75 Å². The minimum Gasteiger partial charge on any atom is -0.497 e. The van der Waals surface area contributed by atoms with Crippen LogP contribution in [0, 0.1) is 0 Å². The van der Waals surface area contributed by atoms with E-state index < -0.39 is 0 Å². The van der Waals surface area contributed by atoms with Crippen LogP contribution in [0.15, 0.2) is 67.4 Å². The Kier molecular flexibility index (Phi) is 5.56. The third-order valence-corrected chi connectivity index (χ3v) is 5.05. The fourth-order valence-corrected chi connectivity index (χ4v) is 3.49. The summed E-state index contributed by atoms with van der Waals surface area (Å²) in [5, 5.41) is 8.27. The van der Waals surface area contributed by atoms with Gasteiger partial charge >= 0.3 is 0 Å². The van der Waals surface area contributed by atoms with E-state index in [9.17, 15) is 4.79 Å². The second-order valence-corrected chi connectivity index (χ2v) is 6.83. The predicted octanol–water partition coefficient (Wildman–Crippen LogP) is 3.11. The quantitative estimate of drug-likeness (QED) is 0.485. The zero-order chi connectivity index (χ0) is 20.1. The maximum Gasteiger partial charge on any atom is 0.221 e. The summed E-state index contributed by atoms with van der Waals surface area (Å²) in [6.45, 7) is 1.01. The number of methoxy groups -OCH3 is 1. The zero-order valence-corrected chi connectivity index (χ0v) is 16.2. The van der Waals surface area contributed by atoms with Crippen LogP contribution in [-0.2, 0) is 11.3 Å². The van der Waals surface area contributed by atoms with Crippen molar-refractivity contribution in [2.24, 2.45) is 0 Å². The molecule has 2 heterocycles. The van der Waals surface area contributed by atoms with Gasteiger partial charge in [0.2, 0.25) is 5.91 Å². The molecule has 0 spiro atoms. The molecule has 0 saturated heterocycles. The van der Waals surface area contributed by atoms with Gasteiger partial charge in [0.15, 0.2) is 0 Å². The number of rotatable bonds is 8. The van der Waals surface area contributed by atoms with E-state index in [-0.39, 0.29) is 11.8 Å². The summed E-state index contributed by atoms with van der Waals surface area (Å²) in [6, 6.07) is 16.2. The Labute approximate surface area is 168 Å². The lowest BCUT2D eigenvalue weighted by Gasteiger charge is -2.18. The number of nitrogens with one attached hydrogen (secondary N) is 2. The van der Waals surface area contributed by atoms with Crippen molar-refractivity contribution in [1.29, 1.82) is 0 Å². The number of ether oxygens (including phenoxy) is 1. The first-order chi connectivity index (χ1) is 14.2. The molecule has 0 aliphatic heterocycles. The van der Waals surface area contributed by atoms with Gasteiger partial charge in [0.05, 0.1) is 13.7 Å². The zero-order valence-electron chi connectivity index (χ0n) is 16.2. The summed E-state index contributed by atoms with van der Waals surface area (Å²) >= 11 is 0. The number of aryl methyl sites for hydroxylation is 1. The molecule has 0 aliphatic carbocycles. The van der Waals surface area contributed by atoms with Gasteiger partial charge in [0.1, 0.15) is 18.4 Å². The van der Waals surface area contributed by atoms with Gasteiger partial charge in [-0.3, -0.25) is 9.48 Å². The molecule has 1 unspecified atom stereocenters. The number of nitrogens with zero attached hydrogens (tertiary/aromatic N) is 3. The van der Waals surface area contributed by atoms with Crippen LogP contribution in [0.4, 0.5) is 0 Å². The van der Waals surface area contributed by atoms with Crippen molar-refractivity contribution < 1.29 is 9.53 Å². The van der Waals surface area contributed by atoms with Crippen LogP contribution in [0.5, 0.6) is 5.75 Å². The van der Waals surface area contributed by atoms with Crippen molar-refractivity contribution in [2.45, 2.75) is 18.9 Å². The Balaban J connectivity index is 1.54. The third-order valence-electron chi connectivity index (χ3n) is 5.05. The van der Waals surface area contributed by atoms with Gasteiger partial charge < -0.3 is 15.0 Å². The molecule has 4 rings (SSSR count). The fourth-order valence-electron chi connectivity index (χ4n) is 3.49. The Morgan fingerprint density at radius 2 is 2.03 bits per heavy atom. The van der Waals surface area contributed by atoms with Gasteiger partial charge in [-0.1, -0.05) is 30.3 Å². The molecule has 7 nitrogen and oxygen atoms in total. The lowest BCUT2D eigenvalue weighted by atomic mass is 9.90. The molecule has 0 bridgehead atoms. The van der Waals surface area contributed by atoms with Crippen LogP contribution in [0.3, 0.4) is 0 Å². The Bertz CT molecular complexity index is 1070. The van der Waals surface area contributed by atoms with Crippen LogP contribution < -0.4 is 10.1 Å². The molecule has 2 N–H and O–H groups in total. The minimum absolute atomic E-state index is 0.0150. The van der Waals surface area contributed by atoms with Crippen LogP contribution in [-0.4, -0.2) is 39.3 Å². The highest BCUT2D eigenvalue weighted by atomic mass is 16.5. The number of H-pyrrole nitrogens is 1. The van der Waals surface area contributed by atoms with E-state index in [2.05, 4.69) is 32.5 Å². The van der Waals surface area contributed by atoms with E-state index in [1.54, 1.807) is 18.1 Å². The van der Waals surface area contributed by atoms with Gasteiger partial charge in [0.25, 0.3) is 0 Å². The smallest absolute Gasteiger partial charge is 0.221 e. The second-order valence-electron chi connectivity index (χ2n) is 6.83. The Morgan fingerprint density at radius 1 is 1.21 bits per heavy atom. The van der Waals surface area contributed by atoms with Crippen molar-refractivity contribution in [3.05, 3.63) is 78.5 Å². The number of carbonyl (C=O) groups excluding carboxylic acids is 1. The van der Waals surface area contributed by atoms with Crippen LogP contribution in [0.2, 0.25) is 0 Å². The first kappa shape index (κ1) is 18.7. The molecule has 1 amide bonds. The Hall–Kier alpha value is -3.61. The molecule has 0 aliphatic rings. The normalized spacial score (nSPS) is 12.0. The number of hydrogen-bond acceptors (Lipinski definition) is 4. The predicted molar refractivity (Wildman–Crippen MR) is 111 cm³/mol. The molecule has 4 aromatic rings. The molecule has 148 valence electrons. The highest BCUT2D eigenvalue weighted by Crippen LogP contribution is 2.31. The van der Waals surface area contributed by atoms with Gasteiger partial charge in [-0.05, 0) is 29.3 Å². The lowest BCUT2D eigenvalue weighted by molar-refractivity contribution is -0.121. The monoisotopic (exact) mass is 389 g/mol. The van der Waals surface area contributed by atoms with E-state index in [1.165, 1.54) is 6.33 Å². The number of aromatic amines is 1. The summed E-state index contributed by atoms with van der Waals surface area (Å²) in [4.78, 5) is 19.6. The van der Waals surface area contributed by atoms with Gasteiger partial charge in [0, 0.05) is 36.0 Å². The fraction of sp³-hybridized carbons (Fsp3) is 0.227. The van der Waals surface area contributed by atoms with Crippen LogP contribution in [0.1, 0.15) is 23.5 Å². The lowest BCUT2D eigenvalue weighted by Crippen LogP contribution is -2.29. The molecule has 7 heteroatoms. The number of amides is 1. The molecule has 0 fully saturated rings. The topological polar surface area (TPSA) is 84.8 Å². The van der Waals surface area contributed by atoms with Crippen LogP contribution >= 0.6 is 0 Å². The summed E-state index contributed by atoms with van der Waals surface area (Å²) < 4.78 is 6.94. The number of aromatic nitrogens is 4. The van der Waals surface area contributed by atoms with E-state index in [4.69, 9.17) is 4.74 Å². The molecule has 0 radical (unpaired) electrons. The van der Waals surface area contributed by atoms with E-state index in [0.29, 0.717) is 19.5 Å². The maximum atomic E-state index is 12.4. The summed E-state index contributed by atoms with van der Waals surface area (Å²) in [5.41, 5.74) is 3.35. The molecular weight excluding hydrogens is 366 g/mol. The van der Waals surface area contributed by atoms with Crippen molar-refractivity contribution in [3.63, 3.8) is 0 Å². The van der Waals surface area contributed by atoms with Gasteiger partial charge in [-0.25, -0.2) is 4.98 Å². The molecular formula is C22H23N5O2. The van der Waals surface area contributed by atoms with Crippen molar-refractivity contribution in [2.75, 3.05) is 13.7 Å².